The van der Waals surface area contributed by atoms with E-state index < -0.39 is 17.6 Å². The maximum Gasteiger partial charge on any atom is 0.303 e. The average molecular weight is 260 g/mol. The van der Waals surface area contributed by atoms with Gasteiger partial charge in [0, 0.05) is 17.7 Å². The molecule has 1 aliphatic rings. The number of aliphatic carboxylic acids is 1. The molecule has 96 valence electrons. The zero-order valence-electron chi connectivity index (χ0n) is 9.78. The number of thioether (sulfide) groups is 1. The molecule has 0 saturated carbocycles. The van der Waals surface area contributed by atoms with Crippen LogP contribution in [0.5, 0.6) is 0 Å². The molecule has 7 heteroatoms. The van der Waals surface area contributed by atoms with Gasteiger partial charge in [0.15, 0.2) is 0 Å². The van der Waals surface area contributed by atoms with E-state index in [4.69, 9.17) is 5.11 Å². The molecule has 0 spiro atoms. The summed E-state index contributed by atoms with van der Waals surface area (Å²) in [7, 11) is 0. The molecule has 0 radical (unpaired) electrons. The smallest absolute Gasteiger partial charge is 0.303 e. The first-order valence-corrected chi connectivity index (χ1v) is 6.26. The fraction of sp³-hybridized carbons (Fsp3) is 0.700. The van der Waals surface area contributed by atoms with Gasteiger partial charge in [0.25, 0.3) is 5.24 Å². The summed E-state index contributed by atoms with van der Waals surface area (Å²) in [6, 6.07) is -0.517. The van der Waals surface area contributed by atoms with Crippen molar-refractivity contribution in [3.05, 3.63) is 0 Å². The molecule has 1 heterocycles. The molecule has 0 unspecified atom stereocenters. The Bertz CT molecular complexity index is 343. The van der Waals surface area contributed by atoms with E-state index in [0.29, 0.717) is 12.2 Å². The van der Waals surface area contributed by atoms with Gasteiger partial charge in [-0.1, -0.05) is 11.8 Å². The lowest BCUT2D eigenvalue weighted by Gasteiger charge is -2.27. The molecule has 1 atom stereocenters. The van der Waals surface area contributed by atoms with Crippen LogP contribution < -0.4 is 10.6 Å². The molecule has 0 aliphatic carbocycles. The van der Waals surface area contributed by atoms with E-state index >= 15 is 0 Å². The van der Waals surface area contributed by atoms with Crippen LogP contribution in [-0.2, 0) is 9.59 Å². The Labute approximate surface area is 104 Å². The Hall–Kier alpha value is -1.24. The molecule has 1 aliphatic heterocycles. The maximum atomic E-state index is 11.8. The van der Waals surface area contributed by atoms with Crippen molar-refractivity contribution in [2.45, 2.75) is 38.3 Å². The van der Waals surface area contributed by atoms with Crippen LogP contribution in [-0.4, -0.2) is 39.6 Å². The van der Waals surface area contributed by atoms with E-state index in [1.807, 2.05) is 0 Å². The quantitative estimate of drug-likeness (QED) is 0.671. The second kappa shape index (κ2) is 5.39. The monoisotopic (exact) mass is 260 g/mol. The minimum absolute atomic E-state index is 0.000937. The fourth-order valence-corrected chi connectivity index (χ4v) is 2.21. The highest BCUT2D eigenvalue weighted by molar-refractivity contribution is 8.14. The summed E-state index contributed by atoms with van der Waals surface area (Å²) in [6.07, 6.45) is 0.348. The highest BCUT2D eigenvalue weighted by Crippen LogP contribution is 2.16. The van der Waals surface area contributed by atoms with Gasteiger partial charge >= 0.3 is 5.97 Å². The molecular weight excluding hydrogens is 244 g/mol. The van der Waals surface area contributed by atoms with Crippen LogP contribution in [0.3, 0.4) is 0 Å². The molecule has 0 aromatic rings. The van der Waals surface area contributed by atoms with Crippen LogP contribution in [0.4, 0.5) is 4.79 Å². The minimum Gasteiger partial charge on any atom is -0.481 e. The van der Waals surface area contributed by atoms with E-state index in [1.54, 1.807) is 13.8 Å². The van der Waals surface area contributed by atoms with Gasteiger partial charge in [-0.25, -0.2) is 0 Å². The van der Waals surface area contributed by atoms with E-state index in [9.17, 15) is 14.4 Å². The SMILES string of the molecule is CC(C)(CCC(=O)O)NC(=O)[C@@H]1CSC(=O)N1. The lowest BCUT2D eigenvalue weighted by Crippen LogP contribution is -2.51. The van der Waals surface area contributed by atoms with E-state index in [0.717, 1.165) is 11.8 Å². The Morgan fingerprint density at radius 3 is 2.71 bits per heavy atom. The summed E-state index contributed by atoms with van der Waals surface area (Å²) in [5.41, 5.74) is -0.590. The highest BCUT2D eigenvalue weighted by atomic mass is 32.2. The topological polar surface area (TPSA) is 95.5 Å². The van der Waals surface area contributed by atoms with Crippen molar-refractivity contribution in [2.75, 3.05) is 5.75 Å². The molecule has 1 saturated heterocycles. The first-order valence-electron chi connectivity index (χ1n) is 5.27. The van der Waals surface area contributed by atoms with Crippen LogP contribution in [0.1, 0.15) is 26.7 Å². The Morgan fingerprint density at radius 1 is 1.59 bits per heavy atom. The van der Waals surface area contributed by atoms with Crippen molar-refractivity contribution in [3.8, 4) is 0 Å². The van der Waals surface area contributed by atoms with Gasteiger partial charge in [-0.15, -0.1) is 0 Å². The average Bonchev–Trinajstić information content (AvgIpc) is 2.61. The predicted molar refractivity (Wildman–Crippen MR) is 63.9 cm³/mol. The third-order valence-corrected chi connectivity index (χ3v) is 3.30. The molecule has 1 fully saturated rings. The number of nitrogens with one attached hydrogen (secondary N) is 2. The van der Waals surface area contributed by atoms with Crippen LogP contribution in [0.2, 0.25) is 0 Å². The molecule has 2 amide bonds. The van der Waals surface area contributed by atoms with Crippen molar-refractivity contribution in [1.29, 1.82) is 0 Å². The Morgan fingerprint density at radius 2 is 2.24 bits per heavy atom. The van der Waals surface area contributed by atoms with Crippen LogP contribution in [0.25, 0.3) is 0 Å². The number of hydrogen-bond acceptors (Lipinski definition) is 4. The van der Waals surface area contributed by atoms with E-state index in [2.05, 4.69) is 10.6 Å². The van der Waals surface area contributed by atoms with Gasteiger partial charge < -0.3 is 15.7 Å². The second-order valence-corrected chi connectivity index (χ2v) is 5.56. The largest absolute Gasteiger partial charge is 0.481 e. The molecule has 6 nitrogen and oxygen atoms in total. The number of carboxylic acid groups (broad SMARTS) is 1. The van der Waals surface area contributed by atoms with Gasteiger partial charge in [0.05, 0.1) is 0 Å². The van der Waals surface area contributed by atoms with Crippen LogP contribution in [0, 0.1) is 0 Å². The fourth-order valence-electron chi connectivity index (χ4n) is 1.43. The third-order valence-electron chi connectivity index (χ3n) is 2.42. The highest BCUT2D eigenvalue weighted by Gasteiger charge is 2.31. The van der Waals surface area contributed by atoms with E-state index in [1.165, 1.54) is 0 Å². The van der Waals surface area contributed by atoms with E-state index in [-0.39, 0.29) is 17.6 Å². The van der Waals surface area contributed by atoms with Crippen molar-refractivity contribution >= 4 is 28.9 Å². The molecule has 0 aromatic carbocycles. The van der Waals surface area contributed by atoms with Gasteiger partial charge in [0.2, 0.25) is 5.91 Å². The number of amides is 2. The molecule has 1 rings (SSSR count). The van der Waals surface area contributed by atoms with Crippen LogP contribution >= 0.6 is 11.8 Å². The zero-order chi connectivity index (χ0) is 13.1. The lowest BCUT2D eigenvalue weighted by molar-refractivity contribution is -0.137. The van der Waals surface area contributed by atoms with Gasteiger partial charge in [-0.2, -0.15) is 0 Å². The number of carbonyl (C=O) groups is 3. The first kappa shape index (κ1) is 13.8. The molecule has 3 N–H and O–H groups in total. The number of hydrogen-bond donors (Lipinski definition) is 3. The van der Waals surface area contributed by atoms with Gasteiger partial charge in [-0.3, -0.25) is 14.4 Å². The zero-order valence-corrected chi connectivity index (χ0v) is 10.6. The molecule has 0 bridgehead atoms. The first-order chi connectivity index (χ1) is 7.80. The number of rotatable bonds is 5. The summed E-state index contributed by atoms with van der Waals surface area (Å²) in [4.78, 5) is 33.2. The molecule has 0 aromatic heterocycles. The summed E-state index contributed by atoms with van der Waals surface area (Å²) < 4.78 is 0. The Balaban J connectivity index is 2.43. The van der Waals surface area contributed by atoms with Crippen molar-refractivity contribution < 1.29 is 19.5 Å². The third kappa shape index (κ3) is 4.64. The molecular formula is C10H16N2O4S. The Kier molecular flexibility index (Phi) is 4.39. The summed E-state index contributed by atoms with van der Waals surface area (Å²) >= 11 is 1.07. The predicted octanol–water partition coefficient (Wildman–Crippen LogP) is 0.571. The number of carbonyl (C=O) groups excluding carboxylic acids is 2. The van der Waals surface area contributed by atoms with Gasteiger partial charge in [-0.05, 0) is 20.3 Å². The van der Waals surface area contributed by atoms with Crippen molar-refractivity contribution in [3.63, 3.8) is 0 Å². The summed E-state index contributed by atoms with van der Waals surface area (Å²) in [5.74, 6) is -0.740. The second-order valence-electron chi connectivity index (χ2n) is 4.56. The van der Waals surface area contributed by atoms with Crippen LogP contribution in [0.15, 0.2) is 0 Å². The normalized spacial score (nSPS) is 19.9. The molecule has 17 heavy (non-hydrogen) atoms. The van der Waals surface area contributed by atoms with Crippen molar-refractivity contribution in [2.24, 2.45) is 0 Å². The van der Waals surface area contributed by atoms with Crippen molar-refractivity contribution in [1.82, 2.24) is 10.6 Å². The minimum atomic E-state index is -0.892. The summed E-state index contributed by atoms with van der Waals surface area (Å²) in [6.45, 7) is 3.52. The standard InChI is InChI=1S/C10H16N2O4S/c1-10(2,4-3-7(13)14)12-8(15)6-5-17-9(16)11-6/h6H,3-5H2,1-2H3,(H,11,16)(H,12,15)(H,13,14)/t6-/m0/s1. The maximum absolute atomic E-state index is 11.8. The van der Waals surface area contributed by atoms with Gasteiger partial charge in [0.1, 0.15) is 6.04 Å². The number of carboxylic acids is 1. The summed E-state index contributed by atoms with van der Waals surface area (Å²) in [5, 5.41) is 13.7. The lowest BCUT2D eigenvalue weighted by atomic mass is 9.98.